The Morgan fingerprint density at radius 2 is 2.32 bits per heavy atom. The van der Waals surface area contributed by atoms with Gasteiger partial charge >= 0.3 is 5.97 Å². The van der Waals surface area contributed by atoms with Crippen molar-refractivity contribution < 1.29 is 19.4 Å². The molecule has 0 bridgehead atoms. The van der Waals surface area contributed by atoms with Crippen LogP contribution in [0, 0.1) is 0 Å². The molecule has 0 aliphatic carbocycles. The number of alkyl halides is 1. The number of carbonyl (C=O) groups is 2. The molecule has 5 nitrogen and oxygen atoms in total. The normalized spacial score (nSPS) is 15.7. The van der Waals surface area contributed by atoms with Gasteiger partial charge in [-0.1, -0.05) is 6.07 Å². The summed E-state index contributed by atoms with van der Waals surface area (Å²) in [6, 6.07) is 5.42. The van der Waals surface area contributed by atoms with E-state index in [1.807, 2.05) is 12.1 Å². The molecule has 2 rings (SSSR count). The van der Waals surface area contributed by atoms with Crippen molar-refractivity contribution in [3.63, 3.8) is 0 Å². The quantitative estimate of drug-likeness (QED) is 0.854. The highest BCUT2D eigenvalue weighted by Crippen LogP contribution is 2.32. The lowest BCUT2D eigenvalue weighted by molar-refractivity contribution is -0.137. The number of fused-ring (bicyclic) bond motifs is 1. The summed E-state index contributed by atoms with van der Waals surface area (Å²) in [6.07, 6.45) is 0.340. The van der Waals surface area contributed by atoms with Crippen molar-refractivity contribution in [1.29, 1.82) is 0 Å². The van der Waals surface area contributed by atoms with E-state index in [9.17, 15) is 9.59 Å². The Labute approximate surface area is 115 Å². The first-order valence-corrected chi connectivity index (χ1v) is 6.29. The van der Waals surface area contributed by atoms with E-state index >= 15 is 0 Å². The number of aliphatic carboxylic acids is 1. The second kappa shape index (κ2) is 5.48. The second-order valence-electron chi connectivity index (χ2n) is 4.44. The van der Waals surface area contributed by atoms with Gasteiger partial charge in [-0.15, -0.1) is 11.6 Å². The maximum absolute atomic E-state index is 11.5. The van der Waals surface area contributed by atoms with Gasteiger partial charge in [-0.25, -0.2) is 0 Å². The minimum Gasteiger partial charge on any atom is -0.482 e. The van der Waals surface area contributed by atoms with Crippen LogP contribution in [0.5, 0.6) is 5.75 Å². The zero-order valence-electron chi connectivity index (χ0n) is 10.4. The van der Waals surface area contributed by atoms with Crippen molar-refractivity contribution in [3.8, 4) is 5.75 Å². The van der Waals surface area contributed by atoms with Crippen LogP contribution in [0.4, 0.5) is 5.69 Å². The first-order valence-electron chi connectivity index (χ1n) is 5.85. The van der Waals surface area contributed by atoms with Gasteiger partial charge in [0.25, 0.3) is 5.91 Å². The first-order chi connectivity index (χ1) is 8.97. The predicted molar refractivity (Wildman–Crippen MR) is 70.9 cm³/mol. The van der Waals surface area contributed by atoms with E-state index in [0.717, 1.165) is 5.56 Å². The summed E-state index contributed by atoms with van der Waals surface area (Å²) >= 11 is 5.97. The summed E-state index contributed by atoms with van der Waals surface area (Å²) < 4.78 is 5.31. The van der Waals surface area contributed by atoms with E-state index in [0.29, 0.717) is 17.9 Å². The highest BCUT2D eigenvalue weighted by Gasteiger charge is 2.22. The van der Waals surface area contributed by atoms with Gasteiger partial charge in [0.1, 0.15) is 5.75 Å². The Morgan fingerprint density at radius 3 is 3.00 bits per heavy atom. The Bertz CT molecular complexity index is 517. The summed E-state index contributed by atoms with van der Waals surface area (Å²) in [5, 5.41) is 8.20. The standard InChI is InChI=1S/C13H14ClNO4/c1-15-10-5-8(4-9(14)6-13(17)18)2-3-11(10)19-7-12(15)16/h2-3,5,9H,4,6-7H2,1H3,(H,17,18). The lowest BCUT2D eigenvalue weighted by atomic mass is 10.1. The Hall–Kier alpha value is -1.75. The van der Waals surface area contributed by atoms with Crippen molar-refractivity contribution in [2.24, 2.45) is 0 Å². The van der Waals surface area contributed by atoms with Crippen molar-refractivity contribution in [2.45, 2.75) is 18.2 Å². The van der Waals surface area contributed by atoms with Gasteiger partial charge in [-0.3, -0.25) is 9.59 Å². The number of carboxylic acids is 1. The molecule has 1 heterocycles. The number of carbonyl (C=O) groups excluding carboxylic acids is 1. The smallest absolute Gasteiger partial charge is 0.304 e. The number of nitrogens with zero attached hydrogens (tertiary/aromatic N) is 1. The second-order valence-corrected chi connectivity index (χ2v) is 5.06. The molecular formula is C13H14ClNO4. The van der Waals surface area contributed by atoms with Crippen LogP contribution < -0.4 is 9.64 Å². The van der Waals surface area contributed by atoms with Crippen molar-refractivity contribution >= 4 is 29.2 Å². The number of anilines is 1. The number of ether oxygens (including phenoxy) is 1. The Morgan fingerprint density at radius 1 is 1.58 bits per heavy atom. The van der Waals surface area contributed by atoms with Crippen LogP contribution in [0.2, 0.25) is 0 Å². The van der Waals surface area contributed by atoms with Crippen LogP contribution >= 0.6 is 11.6 Å². The number of carboxylic acid groups (broad SMARTS) is 1. The summed E-state index contributed by atoms with van der Waals surface area (Å²) in [5.74, 6) is -0.388. The van der Waals surface area contributed by atoms with E-state index in [4.69, 9.17) is 21.4 Å². The molecule has 1 atom stereocenters. The van der Waals surface area contributed by atoms with E-state index in [1.165, 1.54) is 4.90 Å². The van der Waals surface area contributed by atoms with E-state index < -0.39 is 11.3 Å². The molecule has 0 saturated heterocycles. The molecule has 0 spiro atoms. The van der Waals surface area contributed by atoms with Gasteiger partial charge in [0.2, 0.25) is 0 Å². The SMILES string of the molecule is CN1C(=O)COc2ccc(CC(Cl)CC(=O)O)cc21. The van der Waals surface area contributed by atoms with Gasteiger partial charge < -0.3 is 14.7 Å². The molecule has 102 valence electrons. The van der Waals surface area contributed by atoms with Gasteiger partial charge in [0.05, 0.1) is 12.1 Å². The van der Waals surface area contributed by atoms with Gasteiger partial charge in [0, 0.05) is 12.4 Å². The third kappa shape index (κ3) is 3.17. The summed E-state index contributed by atoms with van der Waals surface area (Å²) in [7, 11) is 1.68. The lowest BCUT2D eigenvalue weighted by Gasteiger charge is -2.26. The fourth-order valence-electron chi connectivity index (χ4n) is 1.96. The molecule has 1 amide bonds. The zero-order chi connectivity index (χ0) is 14.0. The van der Waals surface area contributed by atoms with Crippen LogP contribution in [0.3, 0.4) is 0 Å². The number of benzene rings is 1. The van der Waals surface area contributed by atoms with Gasteiger partial charge in [0.15, 0.2) is 6.61 Å². The molecule has 0 radical (unpaired) electrons. The maximum atomic E-state index is 11.5. The molecule has 19 heavy (non-hydrogen) atoms. The average molecular weight is 284 g/mol. The molecule has 0 saturated carbocycles. The number of amides is 1. The van der Waals surface area contributed by atoms with Crippen LogP contribution in [-0.4, -0.2) is 36.0 Å². The van der Waals surface area contributed by atoms with E-state index in [-0.39, 0.29) is 18.9 Å². The van der Waals surface area contributed by atoms with Crippen LogP contribution in [0.25, 0.3) is 0 Å². The van der Waals surface area contributed by atoms with Crippen LogP contribution in [0.15, 0.2) is 18.2 Å². The summed E-state index contributed by atoms with van der Waals surface area (Å²) in [5.41, 5.74) is 1.57. The molecule has 0 aromatic heterocycles. The molecule has 6 heteroatoms. The van der Waals surface area contributed by atoms with Crippen molar-refractivity contribution in [3.05, 3.63) is 23.8 Å². The van der Waals surface area contributed by atoms with Crippen LogP contribution in [0.1, 0.15) is 12.0 Å². The molecule has 0 fully saturated rings. The van der Waals surface area contributed by atoms with Crippen LogP contribution in [-0.2, 0) is 16.0 Å². The van der Waals surface area contributed by atoms with Gasteiger partial charge in [-0.05, 0) is 24.1 Å². The average Bonchev–Trinajstić information content (AvgIpc) is 2.33. The molecule has 1 unspecified atom stereocenters. The monoisotopic (exact) mass is 283 g/mol. The Balaban J connectivity index is 2.16. The highest BCUT2D eigenvalue weighted by molar-refractivity contribution is 6.21. The van der Waals surface area contributed by atoms with Gasteiger partial charge in [-0.2, -0.15) is 0 Å². The molecule has 1 N–H and O–H groups in total. The Kier molecular flexibility index (Phi) is 3.95. The predicted octanol–water partition coefficient (Wildman–Crippen LogP) is 1.67. The number of halogens is 1. The third-order valence-electron chi connectivity index (χ3n) is 2.96. The van der Waals surface area contributed by atoms with Crippen molar-refractivity contribution in [2.75, 3.05) is 18.6 Å². The fraction of sp³-hybridized carbons (Fsp3) is 0.385. The zero-order valence-corrected chi connectivity index (χ0v) is 11.2. The van der Waals surface area contributed by atoms with E-state index in [2.05, 4.69) is 0 Å². The minimum absolute atomic E-state index is 0.0417. The number of rotatable bonds is 4. The van der Waals surface area contributed by atoms with Crippen molar-refractivity contribution in [1.82, 2.24) is 0 Å². The van der Waals surface area contributed by atoms with E-state index in [1.54, 1.807) is 13.1 Å². The minimum atomic E-state index is -0.923. The lowest BCUT2D eigenvalue weighted by Crippen LogP contribution is -2.35. The summed E-state index contributed by atoms with van der Waals surface area (Å²) in [4.78, 5) is 23.6. The largest absolute Gasteiger partial charge is 0.482 e. The number of hydrogen-bond acceptors (Lipinski definition) is 3. The topological polar surface area (TPSA) is 66.8 Å². The molecule has 1 aliphatic rings. The number of hydrogen-bond donors (Lipinski definition) is 1. The molecule has 1 aliphatic heterocycles. The first kappa shape index (κ1) is 13.7. The fourth-order valence-corrected chi connectivity index (χ4v) is 2.27. The maximum Gasteiger partial charge on any atom is 0.304 e. The molecule has 1 aromatic carbocycles. The third-order valence-corrected chi connectivity index (χ3v) is 3.27. The molecule has 1 aromatic rings. The highest BCUT2D eigenvalue weighted by atomic mass is 35.5. The molecular weight excluding hydrogens is 270 g/mol. The summed E-state index contributed by atoms with van der Waals surface area (Å²) in [6.45, 7) is 0.0417. The number of likely N-dealkylation sites (N-methyl/N-ethyl adjacent to an activating group) is 1.